The molecule has 0 saturated heterocycles. The molecule has 1 fully saturated rings. The molecule has 2 aromatic rings. The van der Waals surface area contributed by atoms with E-state index in [1.807, 2.05) is 6.07 Å². The summed E-state index contributed by atoms with van der Waals surface area (Å²) in [5.41, 5.74) is 1.01. The van der Waals surface area contributed by atoms with E-state index in [0.29, 0.717) is 0 Å². The van der Waals surface area contributed by atoms with Gasteiger partial charge in [0.15, 0.2) is 0 Å². The average Bonchev–Trinajstić information content (AvgIpc) is 2.29. The van der Waals surface area contributed by atoms with Gasteiger partial charge in [-0.15, -0.1) is 0 Å². The Balaban J connectivity index is 2.28. The van der Waals surface area contributed by atoms with E-state index in [1.165, 1.54) is 22.8 Å². The zero-order valence-electron chi connectivity index (χ0n) is 9.11. The second kappa shape index (κ2) is 3.35. The maximum Gasteiger partial charge on any atom is 0.0828 e. The molecule has 0 amide bonds. The molecule has 1 saturated carbocycles. The van der Waals surface area contributed by atoms with E-state index in [0.717, 1.165) is 12.8 Å². The number of rotatable bonds is 1. The third kappa shape index (κ3) is 1.17. The van der Waals surface area contributed by atoms with E-state index < -0.39 is 0 Å². The molecule has 78 valence electrons. The third-order valence-electron chi connectivity index (χ3n) is 3.73. The molecule has 0 bridgehead atoms. The lowest BCUT2D eigenvalue weighted by molar-refractivity contribution is 0.326. The van der Waals surface area contributed by atoms with Gasteiger partial charge in [0.2, 0.25) is 0 Å². The maximum absolute atomic E-state index is 9.40. The van der Waals surface area contributed by atoms with Crippen LogP contribution in [0.15, 0.2) is 42.5 Å². The predicted octanol–water partition coefficient (Wildman–Crippen LogP) is 3.79. The molecule has 0 spiro atoms. The fourth-order valence-corrected chi connectivity index (χ4v) is 2.61. The van der Waals surface area contributed by atoms with Gasteiger partial charge in [-0.3, -0.25) is 0 Å². The fourth-order valence-electron chi connectivity index (χ4n) is 2.61. The van der Waals surface area contributed by atoms with Gasteiger partial charge in [-0.05, 0) is 35.6 Å². The molecular formula is C15H13N. The average molecular weight is 207 g/mol. The first-order valence-electron chi connectivity index (χ1n) is 5.75. The molecule has 16 heavy (non-hydrogen) atoms. The standard InChI is InChI=1S/C15H13N/c16-11-15(9-4-10-15)14-8-3-6-12-5-1-2-7-13(12)14/h1-3,5-8H,4,9-10H2. The maximum atomic E-state index is 9.40. The van der Waals surface area contributed by atoms with Crippen molar-refractivity contribution >= 4 is 10.8 Å². The van der Waals surface area contributed by atoms with E-state index in [9.17, 15) is 5.26 Å². The van der Waals surface area contributed by atoms with E-state index >= 15 is 0 Å². The van der Waals surface area contributed by atoms with Crippen LogP contribution in [0.3, 0.4) is 0 Å². The van der Waals surface area contributed by atoms with Gasteiger partial charge in [-0.25, -0.2) is 0 Å². The SMILES string of the molecule is N#CC1(c2cccc3ccccc23)CCC1. The van der Waals surface area contributed by atoms with Crippen LogP contribution in [0.2, 0.25) is 0 Å². The Morgan fingerprint density at radius 1 is 1.00 bits per heavy atom. The molecule has 3 rings (SSSR count). The van der Waals surface area contributed by atoms with Crippen LogP contribution in [0.25, 0.3) is 10.8 Å². The van der Waals surface area contributed by atoms with Crippen molar-refractivity contribution in [2.45, 2.75) is 24.7 Å². The molecule has 0 aliphatic heterocycles. The molecule has 0 heterocycles. The summed E-state index contributed by atoms with van der Waals surface area (Å²) >= 11 is 0. The quantitative estimate of drug-likeness (QED) is 0.698. The minimum Gasteiger partial charge on any atom is -0.197 e. The second-order valence-corrected chi connectivity index (χ2v) is 4.57. The predicted molar refractivity (Wildman–Crippen MR) is 65.1 cm³/mol. The molecule has 0 unspecified atom stereocenters. The van der Waals surface area contributed by atoms with Crippen molar-refractivity contribution in [1.82, 2.24) is 0 Å². The highest BCUT2D eigenvalue weighted by Crippen LogP contribution is 2.45. The molecule has 2 aromatic carbocycles. The zero-order valence-corrected chi connectivity index (χ0v) is 9.11. The lowest BCUT2D eigenvalue weighted by Crippen LogP contribution is -2.32. The number of benzene rings is 2. The monoisotopic (exact) mass is 207 g/mol. The first kappa shape index (κ1) is 9.42. The van der Waals surface area contributed by atoms with Crippen LogP contribution in [-0.2, 0) is 5.41 Å². The van der Waals surface area contributed by atoms with Gasteiger partial charge in [-0.2, -0.15) is 5.26 Å². The third-order valence-corrected chi connectivity index (χ3v) is 3.73. The Hall–Kier alpha value is -1.81. The largest absolute Gasteiger partial charge is 0.197 e. The molecule has 0 aromatic heterocycles. The van der Waals surface area contributed by atoms with Crippen molar-refractivity contribution in [2.24, 2.45) is 0 Å². The minimum absolute atomic E-state index is 0.207. The smallest absolute Gasteiger partial charge is 0.0828 e. The molecule has 1 nitrogen and oxygen atoms in total. The van der Waals surface area contributed by atoms with Gasteiger partial charge in [0.25, 0.3) is 0 Å². The summed E-state index contributed by atoms with van der Waals surface area (Å²) < 4.78 is 0. The Morgan fingerprint density at radius 3 is 2.44 bits per heavy atom. The number of hydrogen-bond donors (Lipinski definition) is 0. The van der Waals surface area contributed by atoms with Crippen molar-refractivity contribution in [2.75, 3.05) is 0 Å². The highest BCUT2D eigenvalue weighted by atomic mass is 14.4. The number of nitrogens with zero attached hydrogens (tertiary/aromatic N) is 1. The highest BCUT2D eigenvalue weighted by Gasteiger charge is 2.39. The van der Waals surface area contributed by atoms with Gasteiger partial charge in [-0.1, -0.05) is 42.5 Å². The van der Waals surface area contributed by atoms with Crippen LogP contribution in [0, 0.1) is 11.3 Å². The first-order valence-corrected chi connectivity index (χ1v) is 5.75. The van der Waals surface area contributed by atoms with Crippen LogP contribution in [0.1, 0.15) is 24.8 Å². The summed E-state index contributed by atoms with van der Waals surface area (Å²) in [5.74, 6) is 0. The van der Waals surface area contributed by atoms with Gasteiger partial charge >= 0.3 is 0 Å². The van der Waals surface area contributed by atoms with Crippen LogP contribution >= 0.6 is 0 Å². The summed E-state index contributed by atoms with van der Waals surface area (Å²) in [6.07, 6.45) is 3.20. The Morgan fingerprint density at radius 2 is 1.75 bits per heavy atom. The van der Waals surface area contributed by atoms with Crippen LogP contribution in [0.5, 0.6) is 0 Å². The number of hydrogen-bond acceptors (Lipinski definition) is 1. The van der Waals surface area contributed by atoms with Crippen LogP contribution in [0.4, 0.5) is 0 Å². The summed E-state index contributed by atoms with van der Waals surface area (Å²) in [6.45, 7) is 0. The number of fused-ring (bicyclic) bond motifs is 1. The molecule has 0 radical (unpaired) electrons. The van der Waals surface area contributed by atoms with Crippen molar-refractivity contribution in [3.05, 3.63) is 48.0 Å². The van der Waals surface area contributed by atoms with E-state index in [2.05, 4.69) is 42.5 Å². The van der Waals surface area contributed by atoms with Crippen LogP contribution < -0.4 is 0 Å². The Labute approximate surface area is 95.3 Å². The molecule has 0 atom stereocenters. The topological polar surface area (TPSA) is 23.8 Å². The summed E-state index contributed by atoms with van der Waals surface area (Å²) in [5, 5.41) is 11.9. The summed E-state index contributed by atoms with van der Waals surface area (Å²) in [7, 11) is 0. The van der Waals surface area contributed by atoms with Crippen LogP contribution in [-0.4, -0.2) is 0 Å². The lowest BCUT2D eigenvalue weighted by atomic mass is 9.64. The molecular weight excluding hydrogens is 194 g/mol. The molecule has 1 aliphatic rings. The normalized spacial score (nSPS) is 17.7. The van der Waals surface area contributed by atoms with Crippen molar-refractivity contribution < 1.29 is 0 Å². The first-order chi connectivity index (χ1) is 7.86. The van der Waals surface area contributed by atoms with Crippen molar-refractivity contribution in [1.29, 1.82) is 5.26 Å². The Kier molecular flexibility index (Phi) is 1.97. The summed E-state index contributed by atoms with van der Waals surface area (Å²) in [4.78, 5) is 0. The number of nitriles is 1. The molecule has 1 aliphatic carbocycles. The van der Waals surface area contributed by atoms with Gasteiger partial charge < -0.3 is 0 Å². The minimum atomic E-state index is -0.207. The van der Waals surface area contributed by atoms with Gasteiger partial charge in [0, 0.05) is 0 Å². The van der Waals surface area contributed by atoms with E-state index in [-0.39, 0.29) is 5.41 Å². The molecule has 0 N–H and O–H groups in total. The fraction of sp³-hybridized carbons (Fsp3) is 0.267. The van der Waals surface area contributed by atoms with Gasteiger partial charge in [0.05, 0.1) is 11.5 Å². The highest BCUT2D eigenvalue weighted by molar-refractivity contribution is 5.87. The summed E-state index contributed by atoms with van der Waals surface area (Å²) in [6, 6.07) is 17.2. The van der Waals surface area contributed by atoms with Crippen molar-refractivity contribution in [3.63, 3.8) is 0 Å². The van der Waals surface area contributed by atoms with E-state index in [4.69, 9.17) is 0 Å². The van der Waals surface area contributed by atoms with E-state index in [1.54, 1.807) is 0 Å². The van der Waals surface area contributed by atoms with Crippen molar-refractivity contribution in [3.8, 4) is 6.07 Å². The Bertz CT molecular complexity index is 568. The zero-order chi connectivity index (χ0) is 11.0. The van der Waals surface area contributed by atoms with Gasteiger partial charge in [0.1, 0.15) is 0 Å². The lowest BCUT2D eigenvalue weighted by Gasteiger charge is -2.36. The second-order valence-electron chi connectivity index (χ2n) is 4.57. The molecule has 1 heteroatoms.